The third-order valence-electron chi connectivity index (χ3n) is 2.32. The second-order valence-corrected chi connectivity index (χ2v) is 3.16. The SMILES string of the molecule is C=C1N(C)c2nc(N)[nH]c(=O)c2N1C. The van der Waals surface area contributed by atoms with Crippen LogP contribution in [0.15, 0.2) is 17.2 Å². The van der Waals surface area contributed by atoms with E-state index >= 15 is 0 Å². The van der Waals surface area contributed by atoms with Gasteiger partial charge in [0.2, 0.25) is 5.95 Å². The lowest BCUT2D eigenvalue weighted by atomic mass is 10.4. The number of anilines is 3. The van der Waals surface area contributed by atoms with Gasteiger partial charge in [-0.2, -0.15) is 4.98 Å². The number of aromatic amines is 1. The van der Waals surface area contributed by atoms with Crippen molar-refractivity contribution in [1.29, 1.82) is 0 Å². The van der Waals surface area contributed by atoms with E-state index in [1.165, 1.54) is 0 Å². The maximum atomic E-state index is 11.5. The van der Waals surface area contributed by atoms with E-state index in [-0.39, 0.29) is 11.5 Å². The summed E-state index contributed by atoms with van der Waals surface area (Å²) in [5.74, 6) is 1.35. The van der Waals surface area contributed by atoms with Gasteiger partial charge in [-0.3, -0.25) is 9.78 Å². The first-order valence-corrected chi connectivity index (χ1v) is 4.08. The third-order valence-corrected chi connectivity index (χ3v) is 2.32. The van der Waals surface area contributed by atoms with Crippen LogP contribution in [0.2, 0.25) is 0 Å². The summed E-state index contributed by atoms with van der Waals surface area (Å²) in [7, 11) is 3.55. The highest BCUT2D eigenvalue weighted by molar-refractivity contribution is 5.78. The summed E-state index contributed by atoms with van der Waals surface area (Å²) in [4.78, 5) is 21.4. The van der Waals surface area contributed by atoms with Crippen LogP contribution < -0.4 is 21.1 Å². The molecule has 0 amide bonds. The van der Waals surface area contributed by atoms with E-state index in [0.717, 1.165) is 0 Å². The summed E-state index contributed by atoms with van der Waals surface area (Å²) in [6, 6.07) is 0. The molecule has 2 rings (SSSR count). The molecule has 1 aromatic heterocycles. The van der Waals surface area contributed by atoms with Crippen molar-refractivity contribution in [3.63, 3.8) is 0 Å². The van der Waals surface area contributed by atoms with Crippen molar-refractivity contribution in [3.05, 3.63) is 22.8 Å². The van der Waals surface area contributed by atoms with Crippen LogP contribution in [0.4, 0.5) is 17.5 Å². The van der Waals surface area contributed by atoms with Crippen molar-refractivity contribution in [3.8, 4) is 0 Å². The van der Waals surface area contributed by atoms with Gasteiger partial charge in [0.25, 0.3) is 5.56 Å². The quantitative estimate of drug-likeness (QED) is 0.592. The Morgan fingerprint density at radius 2 is 2.07 bits per heavy atom. The predicted octanol–water partition coefficient (Wildman–Crippen LogP) is -0.291. The molecule has 74 valence electrons. The van der Waals surface area contributed by atoms with Crippen molar-refractivity contribution in [2.75, 3.05) is 29.6 Å². The van der Waals surface area contributed by atoms with Crippen LogP contribution in [0, 0.1) is 0 Å². The van der Waals surface area contributed by atoms with E-state index in [4.69, 9.17) is 5.73 Å². The van der Waals surface area contributed by atoms with Crippen LogP contribution in [0.1, 0.15) is 0 Å². The molecule has 0 saturated carbocycles. The molecule has 1 aliphatic rings. The smallest absolute Gasteiger partial charge is 0.278 e. The number of H-pyrrole nitrogens is 1. The Bertz CT molecular complexity index is 463. The number of hydrogen-bond donors (Lipinski definition) is 2. The standard InChI is InChI=1S/C8H11N5O/c1-4-12(2)5-6(13(4)3)10-8(9)11-7(5)14/h1H2,2-3H3,(H3,9,10,11,14). The molecule has 0 fully saturated rings. The van der Waals surface area contributed by atoms with E-state index in [2.05, 4.69) is 16.5 Å². The topological polar surface area (TPSA) is 78.2 Å². The molecule has 3 N–H and O–H groups in total. The lowest BCUT2D eigenvalue weighted by molar-refractivity contribution is 1.04. The molecule has 0 spiro atoms. The van der Waals surface area contributed by atoms with Gasteiger partial charge >= 0.3 is 0 Å². The highest BCUT2D eigenvalue weighted by atomic mass is 16.1. The van der Waals surface area contributed by atoms with Crippen LogP contribution in [0.3, 0.4) is 0 Å². The largest absolute Gasteiger partial charge is 0.369 e. The number of nitrogens with zero attached hydrogens (tertiary/aromatic N) is 3. The molecular weight excluding hydrogens is 182 g/mol. The lowest BCUT2D eigenvalue weighted by Gasteiger charge is -2.14. The lowest BCUT2D eigenvalue weighted by Crippen LogP contribution is -2.22. The fourth-order valence-electron chi connectivity index (χ4n) is 1.48. The van der Waals surface area contributed by atoms with Gasteiger partial charge in [0.05, 0.1) is 0 Å². The van der Waals surface area contributed by atoms with Gasteiger partial charge in [-0.15, -0.1) is 0 Å². The Labute approximate surface area is 80.7 Å². The molecule has 6 heteroatoms. The van der Waals surface area contributed by atoms with E-state index in [9.17, 15) is 4.79 Å². The molecule has 0 unspecified atom stereocenters. The van der Waals surface area contributed by atoms with Gasteiger partial charge in [-0.1, -0.05) is 6.58 Å². The van der Waals surface area contributed by atoms with E-state index < -0.39 is 0 Å². The molecule has 0 saturated heterocycles. The van der Waals surface area contributed by atoms with Gasteiger partial charge in [-0.05, 0) is 0 Å². The Morgan fingerprint density at radius 1 is 1.43 bits per heavy atom. The number of hydrogen-bond acceptors (Lipinski definition) is 5. The van der Waals surface area contributed by atoms with Gasteiger partial charge in [-0.25, -0.2) is 0 Å². The van der Waals surface area contributed by atoms with Crippen LogP contribution in [-0.4, -0.2) is 24.1 Å². The minimum Gasteiger partial charge on any atom is -0.369 e. The zero-order valence-electron chi connectivity index (χ0n) is 8.03. The molecule has 6 nitrogen and oxygen atoms in total. The van der Waals surface area contributed by atoms with Crippen LogP contribution in [0.5, 0.6) is 0 Å². The fraction of sp³-hybridized carbons (Fsp3) is 0.250. The highest BCUT2D eigenvalue weighted by Crippen LogP contribution is 2.33. The third kappa shape index (κ3) is 0.905. The molecule has 1 aliphatic heterocycles. The predicted molar refractivity (Wildman–Crippen MR) is 55.2 cm³/mol. The summed E-state index contributed by atoms with van der Waals surface area (Å²) in [5.41, 5.74) is 5.67. The minimum atomic E-state index is -0.250. The first kappa shape index (κ1) is 8.61. The molecule has 1 aromatic rings. The summed E-state index contributed by atoms with van der Waals surface area (Å²) in [5, 5.41) is 0. The number of rotatable bonds is 0. The van der Waals surface area contributed by atoms with Crippen LogP contribution in [-0.2, 0) is 0 Å². The van der Waals surface area contributed by atoms with Crippen molar-refractivity contribution >= 4 is 17.5 Å². The molecule has 0 radical (unpaired) electrons. The first-order valence-electron chi connectivity index (χ1n) is 4.08. The fourth-order valence-corrected chi connectivity index (χ4v) is 1.48. The number of aromatic nitrogens is 2. The minimum absolute atomic E-state index is 0.115. The zero-order valence-corrected chi connectivity index (χ0v) is 8.03. The Morgan fingerprint density at radius 3 is 2.71 bits per heavy atom. The monoisotopic (exact) mass is 193 g/mol. The number of nitrogen functional groups attached to an aromatic ring is 1. The number of nitrogens with two attached hydrogens (primary N) is 1. The molecule has 0 atom stereocenters. The van der Waals surface area contributed by atoms with Crippen LogP contribution >= 0.6 is 0 Å². The second-order valence-electron chi connectivity index (χ2n) is 3.16. The van der Waals surface area contributed by atoms with Crippen molar-refractivity contribution in [2.24, 2.45) is 0 Å². The highest BCUT2D eigenvalue weighted by Gasteiger charge is 2.29. The average molecular weight is 193 g/mol. The molecule has 14 heavy (non-hydrogen) atoms. The Kier molecular flexibility index (Phi) is 1.54. The Hall–Kier alpha value is -1.98. The first-order chi connectivity index (χ1) is 6.52. The van der Waals surface area contributed by atoms with Crippen molar-refractivity contribution in [1.82, 2.24) is 9.97 Å². The van der Waals surface area contributed by atoms with Gasteiger partial charge < -0.3 is 15.5 Å². The molecule has 0 bridgehead atoms. The molecule has 0 aliphatic carbocycles. The van der Waals surface area contributed by atoms with E-state index in [1.807, 2.05) is 0 Å². The number of nitrogens with one attached hydrogen (secondary N) is 1. The van der Waals surface area contributed by atoms with Gasteiger partial charge in [0.1, 0.15) is 5.82 Å². The van der Waals surface area contributed by atoms with Crippen molar-refractivity contribution in [2.45, 2.75) is 0 Å². The average Bonchev–Trinajstić information content (AvgIpc) is 2.31. The number of fused-ring (bicyclic) bond motifs is 1. The summed E-state index contributed by atoms with van der Waals surface area (Å²) < 4.78 is 0. The Balaban J connectivity index is 2.75. The summed E-state index contributed by atoms with van der Waals surface area (Å²) >= 11 is 0. The van der Waals surface area contributed by atoms with E-state index in [0.29, 0.717) is 17.3 Å². The maximum absolute atomic E-state index is 11.5. The molecule has 2 heterocycles. The maximum Gasteiger partial charge on any atom is 0.278 e. The van der Waals surface area contributed by atoms with E-state index in [1.54, 1.807) is 23.9 Å². The molecule has 0 aromatic carbocycles. The molecular formula is C8H11N5O. The zero-order chi connectivity index (χ0) is 10.5. The van der Waals surface area contributed by atoms with Crippen LogP contribution in [0.25, 0.3) is 0 Å². The summed E-state index contributed by atoms with van der Waals surface area (Å²) in [6.07, 6.45) is 0. The second kappa shape index (κ2) is 2.50. The normalized spacial score (nSPS) is 14.9. The van der Waals surface area contributed by atoms with Gasteiger partial charge in [0.15, 0.2) is 11.5 Å². The summed E-state index contributed by atoms with van der Waals surface area (Å²) in [6.45, 7) is 3.82. The van der Waals surface area contributed by atoms with Crippen molar-refractivity contribution < 1.29 is 0 Å². The van der Waals surface area contributed by atoms with Gasteiger partial charge in [0, 0.05) is 14.1 Å².